The van der Waals surface area contributed by atoms with Crippen molar-refractivity contribution in [1.82, 2.24) is 0 Å². The van der Waals surface area contributed by atoms with E-state index in [1.807, 2.05) is 31.2 Å². The Hall–Kier alpha value is -2.16. The summed E-state index contributed by atoms with van der Waals surface area (Å²) in [5.41, 5.74) is 1.64. The van der Waals surface area contributed by atoms with Crippen molar-refractivity contribution >= 4 is 5.78 Å². The van der Waals surface area contributed by atoms with Crippen molar-refractivity contribution in [3.63, 3.8) is 0 Å². The fourth-order valence-electron chi connectivity index (χ4n) is 2.69. The molecule has 0 saturated heterocycles. The molecule has 2 nitrogen and oxygen atoms in total. The van der Waals surface area contributed by atoms with E-state index in [9.17, 15) is 9.18 Å². The summed E-state index contributed by atoms with van der Waals surface area (Å²) in [6.07, 6.45) is 0.0899. The molecule has 1 aliphatic heterocycles. The van der Waals surface area contributed by atoms with Crippen molar-refractivity contribution < 1.29 is 13.9 Å². The third kappa shape index (κ3) is 2.09. The number of carbonyl (C=O) groups is 1. The Kier molecular flexibility index (Phi) is 3.26. The quantitative estimate of drug-likeness (QED) is 0.823. The molecule has 3 heteroatoms. The first-order chi connectivity index (χ1) is 9.70. The van der Waals surface area contributed by atoms with Gasteiger partial charge in [0.15, 0.2) is 11.9 Å². The summed E-state index contributed by atoms with van der Waals surface area (Å²) < 4.78 is 18.8. The third-order valence-electron chi connectivity index (χ3n) is 3.72. The van der Waals surface area contributed by atoms with E-state index in [-0.39, 0.29) is 17.5 Å². The molecule has 0 spiro atoms. The Morgan fingerprint density at radius 2 is 1.80 bits per heavy atom. The van der Waals surface area contributed by atoms with Crippen LogP contribution in [-0.4, -0.2) is 5.78 Å². The van der Waals surface area contributed by atoms with Gasteiger partial charge in [-0.25, -0.2) is 4.39 Å². The predicted molar refractivity (Wildman–Crippen MR) is 74.3 cm³/mol. The number of halogens is 1. The lowest BCUT2D eigenvalue weighted by molar-refractivity contribution is -0.129. The Labute approximate surface area is 117 Å². The summed E-state index contributed by atoms with van der Waals surface area (Å²) in [6, 6.07) is 13.5. The molecule has 20 heavy (non-hydrogen) atoms. The summed E-state index contributed by atoms with van der Waals surface area (Å²) in [5.74, 6) is 0.311. The fraction of sp³-hybridized carbons (Fsp3) is 0.235. The van der Waals surface area contributed by atoms with E-state index < -0.39 is 6.10 Å². The predicted octanol–water partition coefficient (Wildman–Crippen LogP) is 4.02. The van der Waals surface area contributed by atoms with Crippen LogP contribution >= 0.6 is 0 Å². The first kappa shape index (κ1) is 12.9. The van der Waals surface area contributed by atoms with Gasteiger partial charge >= 0.3 is 0 Å². The molecule has 2 unspecified atom stereocenters. The van der Waals surface area contributed by atoms with Crippen LogP contribution in [-0.2, 0) is 4.79 Å². The standard InChI is InChI=1S/C17H15FO2/c1-2-13-14-5-3-4-6-15(14)20-17(16(13)19)11-7-9-12(18)10-8-11/h3-10,13,17H,2H2,1H3. The smallest absolute Gasteiger partial charge is 0.185 e. The van der Waals surface area contributed by atoms with Crippen molar-refractivity contribution in [2.75, 3.05) is 0 Å². The van der Waals surface area contributed by atoms with Gasteiger partial charge < -0.3 is 4.74 Å². The average molecular weight is 270 g/mol. The highest BCUT2D eigenvalue weighted by atomic mass is 19.1. The molecule has 0 amide bonds. The second-order valence-corrected chi connectivity index (χ2v) is 4.95. The molecule has 0 bridgehead atoms. The number of hydrogen-bond acceptors (Lipinski definition) is 2. The van der Waals surface area contributed by atoms with Gasteiger partial charge in [-0.2, -0.15) is 0 Å². The molecule has 0 N–H and O–H groups in total. The SMILES string of the molecule is CCC1C(=O)C(c2ccc(F)cc2)Oc2ccccc21. The maximum Gasteiger partial charge on any atom is 0.185 e. The second-order valence-electron chi connectivity index (χ2n) is 4.95. The minimum absolute atomic E-state index is 0.0396. The molecule has 102 valence electrons. The van der Waals surface area contributed by atoms with Crippen LogP contribution < -0.4 is 4.74 Å². The number of rotatable bonds is 2. The molecule has 0 radical (unpaired) electrons. The zero-order valence-electron chi connectivity index (χ0n) is 11.2. The Balaban J connectivity index is 2.03. The Morgan fingerprint density at radius 1 is 1.10 bits per heavy atom. The Morgan fingerprint density at radius 3 is 2.50 bits per heavy atom. The van der Waals surface area contributed by atoms with Gasteiger partial charge in [-0.3, -0.25) is 4.79 Å². The number of benzene rings is 2. The van der Waals surface area contributed by atoms with Crippen molar-refractivity contribution in [1.29, 1.82) is 0 Å². The zero-order chi connectivity index (χ0) is 14.1. The van der Waals surface area contributed by atoms with Gasteiger partial charge in [0, 0.05) is 11.1 Å². The van der Waals surface area contributed by atoms with Gasteiger partial charge in [0.1, 0.15) is 11.6 Å². The van der Waals surface area contributed by atoms with Gasteiger partial charge in [0.05, 0.1) is 5.92 Å². The summed E-state index contributed by atoms with van der Waals surface area (Å²) >= 11 is 0. The highest BCUT2D eigenvalue weighted by Gasteiger charge is 2.36. The number of ketones is 1. The molecule has 0 aromatic heterocycles. The molecule has 2 aromatic rings. The minimum Gasteiger partial charge on any atom is -0.478 e. The molecule has 3 rings (SSSR count). The fourth-order valence-corrected chi connectivity index (χ4v) is 2.69. The van der Waals surface area contributed by atoms with E-state index in [0.717, 1.165) is 17.7 Å². The summed E-state index contributed by atoms with van der Waals surface area (Å²) in [6.45, 7) is 1.99. The maximum atomic E-state index is 13.0. The highest BCUT2D eigenvalue weighted by Crippen LogP contribution is 2.40. The van der Waals surface area contributed by atoms with Crippen molar-refractivity contribution in [3.05, 3.63) is 65.5 Å². The lowest BCUT2D eigenvalue weighted by atomic mass is 9.84. The lowest BCUT2D eigenvalue weighted by Gasteiger charge is -2.30. The van der Waals surface area contributed by atoms with Gasteiger partial charge in [-0.15, -0.1) is 0 Å². The lowest BCUT2D eigenvalue weighted by Crippen LogP contribution is -2.29. The minimum atomic E-state index is -0.643. The van der Waals surface area contributed by atoms with Crippen LogP contribution in [0.3, 0.4) is 0 Å². The number of ether oxygens (including phenoxy) is 1. The van der Waals surface area contributed by atoms with E-state index in [1.165, 1.54) is 12.1 Å². The largest absolute Gasteiger partial charge is 0.478 e. The molecule has 0 saturated carbocycles. The summed E-state index contributed by atoms with van der Waals surface area (Å²) in [7, 11) is 0. The Bertz CT molecular complexity index is 634. The van der Waals surface area contributed by atoms with E-state index in [2.05, 4.69) is 0 Å². The van der Waals surface area contributed by atoms with Gasteiger partial charge in [-0.05, 0) is 24.6 Å². The number of hydrogen-bond donors (Lipinski definition) is 0. The zero-order valence-corrected chi connectivity index (χ0v) is 11.2. The van der Waals surface area contributed by atoms with Crippen molar-refractivity contribution in [3.8, 4) is 5.75 Å². The van der Waals surface area contributed by atoms with E-state index in [0.29, 0.717) is 5.56 Å². The van der Waals surface area contributed by atoms with Crippen LogP contribution in [0.5, 0.6) is 5.75 Å². The van der Waals surface area contributed by atoms with Crippen LogP contribution in [0.15, 0.2) is 48.5 Å². The number of fused-ring (bicyclic) bond motifs is 1. The van der Waals surface area contributed by atoms with Gasteiger partial charge in [0.25, 0.3) is 0 Å². The third-order valence-corrected chi connectivity index (χ3v) is 3.72. The van der Waals surface area contributed by atoms with Crippen LogP contribution in [0.25, 0.3) is 0 Å². The topological polar surface area (TPSA) is 26.3 Å². The molecule has 1 aliphatic rings. The number of carbonyl (C=O) groups excluding carboxylic acids is 1. The van der Waals surface area contributed by atoms with Crippen molar-refractivity contribution in [2.24, 2.45) is 0 Å². The first-order valence-corrected chi connectivity index (χ1v) is 6.75. The number of Topliss-reactive ketones (excluding diaryl/α,β-unsaturated/α-hetero) is 1. The molecule has 2 atom stereocenters. The monoisotopic (exact) mass is 270 g/mol. The van der Waals surface area contributed by atoms with E-state index in [1.54, 1.807) is 12.1 Å². The summed E-state index contributed by atoms with van der Waals surface area (Å²) in [5, 5.41) is 0. The molecule has 1 heterocycles. The van der Waals surface area contributed by atoms with Crippen LogP contribution in [0.4, 0.5) is 4.39 Å². The van der Waals surface area contributed by atoms with E-state index >= 15 is 0 Å². The van der Waals surface area contributed by atoms with Crippen molar-refractivity contribution in [2.45, 2.75) is 25.4 Å². The van der Waals surface area contributed by atoms with Crippen LogP contribution in [0, 0.1) is 5.82 Å². The maximum absolute atomic E-state index is 13.0. The van der Waals surface area contributed by atoms with E-state index in [4.69, 9.17) is 4.74 Å². The van der Waals surface area contributed by atoms with Crippen LogP contribution in [0.2, 0.25) is 0 Å². The molecular weight excluding hydrogens is 255 g/mol. The summed E-state index contributed by atoms with van der Waals surface area (Å²) in [4.78, 5) is 12.6. The second kappa shape index (κ2) is 5.08. The average Bonchev–Trinajstić information content (AvgIpc) is 2.48. The molecule has 0 fully saturated rings. The molecular formula is C17H15FO2. The molecule has 0 aliphatic carbocycles. The van der Waals surface area contributed by atoms with Gasteiger partial charge in [0.2, 0.25) is 0 Å². The number of para-hydroxylation sites is 1. The first-order valence-electron chi connectivity index (χ1n) is 6.75. The molecule has 2 aromatic carbocycles. The van der Waals surface area contributed by atoms with Crippen LogP contribution in [0.1, 0.15) is 36.5 Å². The van der Waals surface area contributed by atoms with Gasteiger partial charge in [-0.1, -0.05) is 37.3 Å². The normalized spacial score (nSPS) is 21.2. The highest BCUT2D eigenvalue weighted by molar-refractivity contribution is 5.92.